The summed E-state index contributed by atoms with van der Waals surface area (Å²) >= 11 is 0. The summed E-state index contributed by atoms with van der Waals surface area (Å²) in [6.45, 7) is 0. The molecule has 4 heteroatoms. The van der Waals surface area contributed by atoms with Crippen molar-refractivity contribution in [3.63, 3.8) is 0 Å². The van der Waals surface area contributed by atoms with Gasteiger partial charge in [-0.05, 0) is 32.1 Å². The van der Waals surface area contributed by atoms with Crippen molar-refractivity contribution in [3.05, 3.63) is 11.6 Å². The van der Waals surface area contributed by atoms with Crippen molar-refractivity contribution >= 4 is 12.1 Å². The van der Waals surface area contributed by atoms with Crippen molar-refractivity contribution in [1.29, 1.82) is 5.41 Å². The highest BCUT2D eigenvalue weighted by molar-refractivity contribution is 5.82. The summed E-state index contributed by atoms with van der Waals surface area (Å²) in [6.07, 6.45) is 6.62. The molecule has 0 amide bonds. The Hall–Kier alpha value is -1.32. The van der Waals surface area contributed by atoms with Gasteiger partial charge >= 0.3 is 6.16 Å². The van der Waals surface area contributed by atoms with E-state index < -0.39 is 6.16 Å². The summed E-state index contributed by atoms with van der Waals surface area (Å²) in [7, 11) is 0. The average Bonchev–Trinajstić information content (AvgIpc) is 1.99. The molecule has 0 atom stereocenters. The first-order chi connectivity index (χ1) is 6.68. The Bertz CT molecular complexity index is 252. The number of ether oxygens (including phenoxy) is 1. The van der Waals surface area contributed by atoms with Crippen LogP contribution in [0.15, 0.2) is 11.6 Å². The lowest BCUT2D eigenvalue weighted by Crippen LogP contribution is -2.08. The molecule has 0 unspecified atom stereocenters. The van der Waals surface area contributed by atoms with E-state index in [0.717, 1.165) is 12.8 Å². The van der Waals surface area contributed by atoms with Gasteiger partial charge in [-0.2, -0.15) is 0 Å². The number of rotatable bonds is 4. The topological polar surface area (TPSA) is 70.4 Å². The molecule has 1 rings (SSSR count). The maximum Gasteiger partial charge on any atom is 0.512 e. The molecule has 1 saturated carbocycles. The molecule has 0 heterocycles. The number of carboxylic acid groups (broad SMARTS) is 1. The molecular formula is C10H15NO3. The lowest BCUT2D eigenvalue weighted by atomic mass is 9.91. The first kappa shape index (κ1) is 10.8. The molecule has 0 bridgehead atoms. The number of nitrogens with one attached hydrogen (secondary N) is 1. The highest BCUT2D eigenvalue weighted by Crippen LogP contribution is 2.25. The average molecular weight is 197 g/mol. The summed E-state index contributed by atoms with van der Waals surface area (Å²) in [4.78, 5) is 10.0. The van der Waals surface area contributed by atoms with E-state index in [-0.39, 0.29) is 5.90 Å². The summed E-state index contributed by atoms with van der Waals surface area (Å²) in [5.41, 5.74) is 1.50. The van der Waals surface area contributed by atoms with Crippen LogP contribution in [0, 0.1) is 5.41 Å². The van der Waals surface area contributed by atoms with Gasteiger partial charge in [0.25, 0.3) is 0 Å². The Balaban J connectivity index is 2.02. The Morgan fingerprint density at radius 2 is 2.29 bits per heavy atom. The highest BCUT2D eigenvalue weighted by atomic mass is 16.7. The van der Waals surface area contributed by atoms with Gasteiger partial charge in [0.2, 0.25) is 0 Å². The molecule has 0 radical (unpaired) electrons. The Kier molecular flexibility index (Phi) is 4.16. The fourth-order valence-corrected chi connectivity index (χ4v) is 1.31. The van der Waals surface area contributed by atoms with E-state index >= 15 is 0 Å². The number of hydrogen-bond donors (Lipinski definition) is 2. The van der Waals surface area contributed by atoms with E-state index in [4.69, 9.17) is 10.5 Å². The first-order valence-corrected chi connectivity index (χ1v) is 4.84. The first-order valence-electron chi connectivity index (χ1n) is 4.84. The minimum atomic E-state index is -1.40. The van der Waals surface area contributed by atoms with Crippen LogP contribution in [0.4, 0.5) is 4.79 Å². The van der Waals surface area contributed by atoms with Gasteiger partial charge in [0.15, 0.2) is 5.90 Å². The summed E-state index contributed by atoms with van der Waals surface area (Å²) in [5, 5.41) is 15.3. The van der Waals surface area contributed by atoms with Crippen LogP contribution in [-0.2, 0) is 4.74 Å². The van der Waals surface area contributed by atoms with Gasteiger partial charge in [0.05, 0.1) is 0 Å². The molecule has 4 nitrogen and oxygen atoms in total. The zero-order valence-electron chi connectivity index (χ0n) is 8.08. The number of hydrogen-bond acceptors (Lipinski definition) is 3. The third-order valence-electron chi connectivity index (χ3n) is 2.25. The van der Waals surface area contributed by atoms with Crippen LogP contribution in [0.25, 0.3) is 0 Å². The zero-order valence-corrected chi connectivity index (χ0v) is 8.08. The fourth-order valence-electron chi connectivity index (χ4n) is 1.31. The molecule has 0 saturated heterocycles. The van der Waals surface area contributed by atoms with Crippen LogP contribution < -0.4 is 0 Å². The molecule has 1 fully saturated rings. The molecular weight excluding hydrogens is 182 g/mol. The van der Waals surface area contributed by atoms with E-state index in [0.29, 0.717) is 6.42 Å². The lowest BCUT2D eigenvalue weighted by Gasteiger charge is -2.15. The molecule has 0 aromatic carbocycles. The van der Waals surface area contributed by atoms with Gasteiger partial charge in [0.1, 0.15) is 0 Å². The third-order valence-corrected chi connectivity index (χ3v) is 2.25. The SMILES string of the molecule is N=C(CCCC=C1CCC1)OC(=O)O. The second kappa shape index (κ2) is 5.42. The highest BCUT2D eigenvalue weighted by Gasteiger charge is 2.07. The van der Waals surface area contributed by atoms with E-state index in [1.165, 1.54) is 24.8 Å². The van der Waals surface area contributed by atoms with Crippen LogP contribution in [0.3, 0.4) is 0 Å². The molecule has 2 N–H and O–H groups in total. The summed E-state index contributed by atoms with van der Waals surface area (Å²) in [6, 6.07) is 0. The zero-order chi connectivity index (χ0) is 10.4. The van der Waals surface area contributed by atoms with Gasteiger partial charge in [-0.1, -0.05) is 11.6 Å². The molecule has 1 aliphatic carbocycles. The second-order valence-electron chi connectivity index (χ2n) is 3.40. The monoisotopic (exact) mass is 197 g/mol. The Morgan fingerprint density at radius 1 is 1.57 bits per heavy atom. The maximum atomic E-state index is 10.0. The van der Waals surface area contributed by atoms with Crippen LogP contribution >= 0.6 is 0 Å². The van der Waals surface area contributed by atoms with Crippen molar-refractivity contribution in [2.75, 3.05) is 0 Å². The maximum absolute atomic E-state index is 10.0. The standard InChI is InChI=1S/C10H15NO3/c11-9(14-10(12)13)7-2-1-4-8-5-3-6-8/h4,11H,1-3,5-7H2,(H,12,13). The molecule has 0 aliphatic heterocycles. The van der Waals surface area contributed by atoms with E-state index in [2.05, 4.69) is 10.8 Å². The third kappa shape index (κ3) is 4.07. The molecule has 0 aromatic heterocycles. The van der Waals surface area contributed by atoms with Crippen molar-refractivity contribution in [2.24, 2.45) is 0 Å². The largest absolute Gasteiger partial charge is 0.512 e. The molecule has 78 valence electrons. The van der Waals surface area contributed by atoms with Crippen molar-refractivity contribution in [1.82, 2.24) is 0 Å². The fraction of sp³-hybridized carbons (Fsp3) is 0.600. The van der Waals surface area contributed by atoms with Crippen molar-refractivity contribution in [3.8, 4) is 0 Å². The quantitative estimate of drug-likeness (QED) is 0.239. The predicted molar refractivity (Wildman–Crippen MR) is 52.6 cm³/mol. The minimum Gasteiger partial charge on any atom is -0.449 e. The van der Waals surface area contributed by atoms with E-state index in [1.54, 1.807) is 0 Å². The lowest BCUT2D eigenvalue weighted by molar-refractivity contribution is 0.139. The summed E-state index contributed by atoms with van der Waals surface area (Å²) in [5.74, 6) is -0.162. The Morgan fingerprint density at radius 3 is 2.79 bits per heavy atom. The van der Waals surface area contributed by atoms with Crippen LogP contribution in [-0.4, -0.2) is 17.2 Å². The molecule has 0 aromatic rings. The van der Waals surface area contributed by atoms with E-state index in [9.17, 15) is 4.79 Å². The van der Waals surface area contributed by atoms with Crippen LogP contribution in [0.5, 0.6) is 0 Å². The number of unbranched alkanes of at least 4 members (excludes halogenated alkanes) is 1. The van der Waals surface area contributed by atoms with Gasteiger partial charge in [-0.15, -0.1) is 0 Å². The van der Waals surface area contributed by atoms with Crippen LogP contribution in [0.2, 0.25) is 0 Å². The predicted octanol–water partition coefficient (Wildman–Crippen LogP) is 2.94. The number of carbonyl (C=O) groups is 1. The Labute approximate surface area is 83.1 Å². The summed E-state index contributed by atoms with van der Waals surface area (Å²) < 4.78 is 4.18. The molecule has 1 aliphatic rings. The minimum absolute atomic E-state index is 0.162. The molecule has 14 heavy (non-hydrogen) atoms. The van der Waals surface area contributed by atoms with Gasteiger partial charge < -0.3 is 9.84 Å². The van der Waals surface area contributed by atoms with Crippen LogP contribution in [0.1, 0.15) is 38.5 Å². The van der Waals surface area contributed by atoms with Crippen molar-refractivity contribution < 1.29 is 14.6 Å². The van der Waals surface area contributed by atoms with E-state index in [1.807, 2.05) is 0 Å². The smallest absolute Gasteiger partial charge is 0.449 e. The second-order valence-corrected chi connectivity index (χ2v) is 3.40. The number of allylic oxidation sites excluding steroid dienone is 2. The normalized spacial score (nSPS) is 14.4. The van der Waals surface area contributed by atoms with Gasteiger partial charge in [-0.25, -0.2) is 4.79 Å². The van der Waals surface area contributed by atoms with Crippen molar-refractivity contribution in [2.45, 2.75) is 38.5 Å². The van der Waals surface area contributed by atoms with Gasteiger partial charge in [-0.3, -0.25) is 5.41 Å². The van der Waals surface area contributed by atoms with Gasteiger partial charge in [0, 0.05) is 6.42 Å². The molecule has 0 spiro atoms.